The van der Waals surface area contributed by atoms with Crippen LogP contribution in [0.3, 0.4) is 0 Å². The normalized spacial score (nSPS) is 17.6. The van der Waals surface area contributed by atoms with Gasteiger partial charge >= 0.3 is 0 Å². The highest BCUT2D eigenvalue weighted by Gasteiger charge is 2.32. The van der Waals surface area contributed by atoms with Crippen LogP contribution in [0.25, 0.3) is 38.3 Å². The summed E-state index contributed by atoms with van der Waals surface area (Å²) in [6.07, 6.45) is 5.26. The maximum absolute atomic E-state index is 6.34. The molecule has 0 amide bonds. The third-order valence-electron chi connectivity index (χ3n) is 6.57. The number of rotatable bonds is 1. The highest BCUT2D eigenvalue weighted by atomic mass is 35.5. The fourth-order valence-electron chi connectivity index (χ4n) is 5.16. The van der Waals surface area contributed by atoms with Crippen molar-refractivity contribution < 1.29 is 0 Å². The molecule has 0 saturated carbocycles. The van der Waals surface area contributed by atoms with Gasteiger partial charge in [0, 0.05) is 26.6 Å². The van der Waals surface area contributed by atoms with Crippen molar-refractivity contribution in [2.45, 2.75) is 17.2 Å². The molecule has 0 fully saturated rings. The number of hydrogen-bond donors (Lipinski definition) is 0. The predicted molar refractivity (Wildman–Crippen MR) is 134 cm³/mol. The summed E-state index contributed by atoms with van der Waals surface area (Å²) in [5.41, 5.74) is 5.19. The number of aromatic nitrogens is 1. The Bertz CT molecular complexity index is 1600. The lowest BCUT2D eigenvalue weighted by molar-refractivity contribution is 0.832. The van der Waals surface area contributed by atoms with Gasteiger partial charge in [0.15, 0.2) is 0 Å². The molecular weight excluding hydrogens is 418 g/mol. The number of thioether (sulfide) groups is 1. The van der Waals surface area contributed by atoms with E-state index in [4.69, 9.17) is 11.6 Å². The predicted octanol–water partition coefficient (Wildman–Crippen LogP) is 8.54. The van der Waals surface area contributed by atoms with Gasteiger partial charge in [0.25, 0.3) is 0 Å². The number of nitrogens with zero attached hydrogens (tertiary/aromatic N) is 1. The van der Waals surface area contributed by atoms with E-state index in [1.807, 2.05) is 11.8 Å². The van der Waals surface area contributed by atoms with Crippen LogP contribution < -0.4 is 0 Å². The van der Waals surface area contributed by atoms with Gasteiger partial charge in [0.2, 0.25) is 0 Å². The van der Waals surface area contributed by atoms with Crippen LogP contribution in [-0.2, 0) is 0 Å². The van der Waals surface area contributed by atoms with Crippen LogP contribution in [0.15, 0.2) is 106 Å². The van der Waals surface area contributed by atoms with E-state index in [0.717, 1.165) is 11.5 Å². The van der Waals surface area contributed by atoms with Crippen LogP contribution in [0.2, 0.25) is 0 Å². The minimum absolute atomic E-state index is 0.427. The summed E-state index contributed by atoms with van der Waals surface area (Å²) in [6.45, 7) is 0. The molecule has 0 saturated heterocycles. The Hall–Kier alpha value is -2.94. The molecule has 1 unspecified atom stereocenters. The molecule has 7 rings (SSSR count). The molecular formula is C28H18ClNS. The molecule has 1 nitrogen and oxygen atoms in total. The molecule has 3 heteroatoms. The summed E-state index contributed by atoms with van der Waals surface area (Å²) >= 11 is 8.23. The van der Waals surface area contributed by atoms with Gasteiger partial charge in [-0.15, -0.1) is 0 Å². The molecule has 1 atom stereocenters. The van der Waals surface area contributed by atoms with Gasteiger partial charge in [-0.25, -0.2) is 0 Å². The number of hydrogen-bond acceptors (Lipinski definition) is 1. The fourth-order valence-corrected chi connectivity index (χ4v) is 6.81. The van der Waals surface area contributed by atoms with E-state index in [0.29, 0.717) is 5.92 Å². The van der Waals surface area contributed by atoms with E-state index >= 15 is 0 Å². The number of benzene rings is 4. The smallest absolute Gasteiger partial charge is 0.0604 e. The van der Waals surface area contributed by atoms with Crippen molar-refractivity contribution in [2.24, 2.45) is 0 Å². The second-order valence-corrected chi connectivity index (χ2v) is 9.81. The van der Waals surface area contributed by atoms with E-state index in [2.05, 4.69) is 95.6 Å². The summed E-state index contributed by atoms with van der Waals surface area (Å²) in [5.74, 6) is 0.427. The zero-order valence-corrected chi connectivity index (χ0v) is 18.3. The number of halogens is 1. The molecule has 0 spiro atoms. The molecule has 0 bridgehead atoms. The van der Waals surface area contributed by atoms with Gasteiger partial charge in [-0.3, -0.25) is 0 Å². The number of allylic oxidation sites excluding steroid dienone is 4. The van der Waals surface area contributed by atoms with Crippen LogP contribution in [0.1, 0.15) is 17.9 Å². The van der Waals surface area contributed by atoms with Gasteiger partial charge < -0.3 is 4.57 Å². The van der Waals surface area contributed by atoms with Gasteiger partial charge in [-0.1, -0.05) is 84.0 Å². The first-order valence-corrected chi connectivity index (χ1v) is 11.8. The van der Waals surface area contributed by atoms with Crippen molar-refractivity contribution in [1.82, 2.24) is 4.57 Å². The lowest BCUT2D eigenvalue weighted by atomic mass is 9.92. The Morgan fingerprint density at radius 1 is 0.806 bits per heavy atom. The standard InChI is InChI=1S/C28H18ClNS/c29-19-12-13-21-22-9-5-11-25(28(22)31-27(21)16-19)30-24-10-4-3-8-20(24)23-14-17-6-1-2-7-18(17)15-26(23)30/h1-12,14-16,21H,13H2. The summed E-state index contributed by atoms with van der Waals surface area (Å²) in [5, 5.41) is 6.01. The molecule has 0 N–H and O–H groups in total. The molecule has 31 heavy (non-hydrogen) atoms. The van der Waals surface area contributed by atoms with Crippen molar-refractivity contribution in [3.63, 3.8) is 0 Å². The quantitative estimate of drug-likeness (QED) is 0.255. The molecule has 1 aliphatic heterocycles. The zero-order chi connectivity index (χ0) is 20.5. The average molecular weight is 436 g/mol. The van der Waals surface area contributed by atoms with Crippen LogP contribution >= 0.6 is 23.4 Å². The van der Waals surface area contributed by atoms with E-state index < -0.39 is 0 Å². The molecule has 0 radical (unpaired) electrons. The van der Waals surface area contributed by atoms with Crippen molar-refractivity contribution in [3.8, 4) is 5.69 Å². The van der Waals surface area contributed by atoms with Gasteiger partial charge in [-0.05, 0) is 58.0 Å². The maximum atomic E-state index is 6.34. The van der Waals surface area contributed by atoms with E-state index in [1.165, 1.54) is 53.6 Å². The number of fused-ring (bicyclic) bond motifs is 7. The molecule has 5 aromatic rings. The largest absolute Gasteiger partial charge is 0.308 e. The summed E-state index contributed by atoms with van der Waals surface area (Å²) in [7, 11) is 0. The Labute approximate surface area is 189 Å². The SMILES string of the molecule is ClC1=CCC2C(=C1)Sc1c2cccc1-n1c2ccccc2c2cc3ccccc3cc21. The minimum Gasteiger partial charge on any atom is -0.308 e. The first kappa shape index (κ1) is 17.7. The molecule has 1 aromatic heterocycles. The molecule has 148 valence electrons. The van der Waals surface area contributed by atoms with Gasteiger partial charge in [0.05, 0.1) is 16.7 Å². The first-order valence-electron chi connectivity index (χ1n) is 10.6. The van der Waals surface area contributed by atoms with Gasteiger partial charge in [0.1, 0.15) is 0 Å². The van der Waals surface area contributed by atoms with E-state index in [9.17, 15) is 0 Å². The Balaban J connectivity index is 1.57. The second-order valence-electron chi connectivity index (χ2n) is 8.29. The Kier molecular flexibility index (Phi) is 3.73. The maximum Gasteiger partial charge on any atom is 0.0604 e. The Morgan fingerprint density at radius 2 is 1.61 bits per heavy atom. The molecule has 4 aromatic carbocycles. The van der Waals surface area contributed by atoms with Crippen molar-refractivity contribution in [3.05, 3.63) is 107 Å². The van der Waals surface area contributed by atoms with Crippen LogP contribution in [-0.4, -0.2) is 4.57 Å². The van der Waals surface area contributed by atoms with Crippen molar-refractivity contribution in [1.29, 1.82) is 0 Å². The van der Waals surface area contributed by atoms with E-state index in [-0.39, 0.29) is 0 Å². The number of para-hydroxylation sites is 1. The molecule has 2 heterocycles. The van der Waals surface area contributed by atoms with E-state index in [1.54, 1.807) is 0 Å². The van der Waals surface area contributed by atoms with Crippen LogP contribution in [0, 0.1) is 0 Å². The third-order valence-corrected chi connectivity index (χ3v) is 8.12. The van der Waals surface area contributed by atoms with Crippen LogP contribution in [0.5, 0.6) is 0 Å². The van der Waals surface area contributed by atoms with Crippen LogP contribution in [0.4, 0.5) is 0 Å². The molecule has 2 aliphatic rings. The van der Waals surface area contributed by atoms with Gasteiger partial charge in [-0.2, -0.15) is 0 Å². The van der Waals surface area contributed by atoms with Crippen molar-refractivity contribution in [2.75, 3.05) is 0 Å². The first-order chi connectivity index (χ1) is 15.3. The highest BCUT2D eigenvalue weighted by Crippen LogP contribution is 2.55. The zero-order valence-electron chi connectivity index (χ0n) is 16.7. The topological polar surface area (TPSA) is 4.93 Å². The lowest BCUT2D eigenvalue weighted by Gasteiger charge is -2.15. The second kappa shape index (κ2) is 6.53. The van der Waals surface area contributed by atoms with Crippen molar-refractivity contribution >= 4 is 55.9 Å². The highest BCUT2D eigenvalue weighted by molar-refractivity contribution is 8.03. The fraction of sp³-hybridized carbons (Fsp3) is 0.0714. The summed E-state index contributed by atoms with van der Waals surface area (Å²) in [4.78, 5) is 2.72. The lowest BCUT2D eigenvalue weighted by Crippen LogP contribution is -2.00. The molecule has 1 aliphatic carbocycles. The Morgan fingerprint density at radius 3 is 2.52 bits per heavy atom. The monoisotopic (exact) mass is 435 g/mol. The third kappa shape index (κ3) is 2.52. The summed E-state index contributed by atoms with van der Waals surface area (Å²) < 4.78 is 2.45. The average Bonchev–Trinajstić information content (AvgIpc) is 3.32. The summed E-state index contributed by atoms with van der Waals surface area (Å²) in [6, 6.07) is 28.8. The minimum atomic E-state index is 0.427.